The van der Waals surface area contributed by atoms with Gasteiger partial charge in [0.15, 0.2) is 0 Å². The highest BCUT2D eigenvalue weighted by molar-refractivity contribution is 5.81. The molecular formula is C29H44N2O3. The van der Waals surface area contributed by atoms with Gasteiger partial charge in [0.25, 0.3) is 0 Å². The predicted octanol–water partition coefficient (Wildman–Crippen LogP) is 5.17. The number of carbonyl (C=O) groups is 2. The van der Waals surface area contributed by atoms with Crippen LogP contribution in [0.4, 0.5) is 0 Å². The summed E-state index contributed by atoms with van der Waals surface area (Å²) >= 11 is 0. The highest BCUT2D eigenvalue weighted by Crippen LogP contribution is 2.68. The maximum absolute atomic E-state index is 12.8. The second-order valence-electron chi connectivity index (χ2n) is 12.7. The smallest absolute Gasteiger partial charge is 0.328 e. The monoisotopic (exact) mass is 468 g/mol. The molecule has 0 saturated heterocycles. The van der Waals surface area contributed by atoms with Crippen LogP contribution in [-0.4, -0.2) is 17.9 Å². The summed E-state index contributed by atoms with van der Waals surface area (Å²) in [7, 11) is 0. The molecule has 1 amide bonds. The number of primary amides is 1. The van der Waals surface area contributed by atoms with Gasteiger partial charge in [-0.2, -0.15) is 0 Å². The minimum atomic E-state index is -0.857. The van der Waals surface area contributed by atoms with Crippen molar-refractivity contribution in [3.05, 3.63) is 27.8 Å². The lowest BCUT2D eigenvalue weighted by atomic mass is 9.43. The minimum absolute atomic E-state index is 0.0770. The zero-order chi connectivity index (χ0) is 25.2. The molecular weight excluding hydrogens is 424 g/mol. The Morgan fingerprint density at radius 2 is 1.68 bits per heavy atom. The van der Waals surface area contributed by atoms with E-state index >= 15 is 0 Å². The first-order chi connectivity index (χ1) is 15.7. The van der Waals surface area contributed by atoms with Crippen molar-refractivity contribution in [1.29, 1.82) is 0 Å². The van der Waals surface area contributed by atoms with E-state index in [0.29, 0.717) is 22.5 Å². The molecule has 188 valence electrons. The van der Waals surface area contributed by atoms with Gasteiger partial charge in [-0.25, -0.2) is 4.79 Å². The van der Waals surface area contributed by atoms with Gasteiger partial charge in [0.1, 0.15) is 11.8 Å². The number of nitrogens with two attached hydrogens (primary N) is 2. The molecule has 3 aliphatic rings. The van der Waals surface area contributed by atoms with Crippen LogP contribution >= 0.6 is 0 Å². The van der Waals surface area contributed by atoms with E-state index in [0.717, 1.165) is 23.5 Å². The van der Waals surface area contributed by atoms with Crippen LogP contribution in [0.2, 0.25) is 0 Å². The van der Waals surface area contributed by atoms with Crippen LogP contribution < -0.4 is 16.2 Å². The van der Waals surface area contributed by atoms with Crippen LogP contribution in [0.1, 0.15) is 100 Å². The summed E-state index contributed by atoms with van der Waals surface area (Å²) < 4.78 is 5.91. The molecule has 2 fully saturated rings. The molecule has 0 spiro atoms. The summed E-state index contributed by atoms with van der Waals surface area (Å²) in [5.74, 6) is 1.06. The molecule has 1 aromatic carbocycles. The van der Waals surface area contributed by atoms with E-state index in [2.05, 4.69) is 48.5 Å². The lowest BCUT2D eigenvalue weighted by Gasteiger charge is -2.61. The highest BCUT2D eigenvalue weighted by atomic mass is 16.5. The molecule has 0 aliphatic heterocycles. The third kappa shape index (κ3) is 3.70. The molecule has 0 aromatic heterocycles. The maximum Gasteiger partial charge on any atom is 0.328 e. The van der Waals surface area contributed by atoms with Gasteiger partial charge in [-0.05, 0) is 115 Å². The molecule has 0 heterocycles. The standard InChI is InChI=1S/C29H44N2O3/c1-16-17(2)25(34-26(33)20(30)9-10-23(31)32)18(3)19-15-22-28(6)13-8-12-27(4,5)21(28)11-14-29(22,7)24(16)19/h20-22H,8-15,30H2,1-7H3,(H2,31,32)/t20?,21?,22-,28+,29?/m1/s1. The number of ether oxygens (including phenoxy) is 1. The summed E-state index contributed by atoms with van der Waals surface area (Å²) in [5, 5.41) is 0. The SMILES string of the molecule is Cc1c(C)c2c(c(C)c1OC(=O)C(N)CCC(N)=O)C[C@H]1C2(C)CCC2C(C)(C)CCC[C@@]21C. The fourth-order valence-corrected chi connectivity index (χ4v) is 8.57. The lowest BCUT2D eigenvalue weighted by Crippen LogP contribution is -2.55. The van der Waals surface area contributed by atoms with E-state index < -0.39 is 17.9 Å². The normalized spacial score (nSPS) is 32.4. The lowest BCUT2D eigenvalue weighted by molar-refractivity contribution is -0.136. The molecule has 5 nitrogen and oxygen atoms in total. The molecule has 34 heavy (non-hydrogen) atoms. The number of benzene rings is 1. The van der Waals surface area contributed by atoms with Crippen molar-refractivity contribution < 1.29 is 14.3 Å². The first-order valence-corrected chi connectivity index (χ1v) is 13.1. The van der Waals surface area contributed by atoms with Crippen LogP contribution in [0.25, 0.3) is 0 Å². The van der Waals surface area contributed by atoms with Crippen LogP contribution in [-0.2, 0) is 21.4 Å². The summed E-state index contributed by atoms with van der Waals surface area (Å²) in [5.41, 5.74) is 18.4. The zero-order valence-corrected chi connectivity index (χ0v) is 22.3. The van der Waals surface area contributed by atoms with Gasteiger partial charge in [-0.3, -0.25) is 4.79 Å². The average Bonchev–Trinajstić information content (AvgIpc) is 3.07. The van der Waals surface area contributed by atoms with E-state index in [9.17, 15) is 9.59 Å². The van der Waals surface area contributed by atoms with Gasteiger partial charge in [-0.1, -0.05) is 34.1 Å². The molecule has 4 N–H and O–H groups in total. The van der Waals surface area contributed by atoms with Gasteiger partial charge in [0, 0.05) is 6.42 Å². The van der Waals surface area contributed by atoms with Crippen molar-refractivity contribution >= 4 is 11.9 Å². The molecule has 0 bridgehead atoms. The third-order valence-corrected chi connectivity index (χ3v) is 10.4. The second-order valence-corrected chi connectivity index (χ2v) is 12.7. The van der Waals surface area contributed by atoms with E-state index in [1.807, 2.05) is 0 Å². The number of fused-ring (bicyclic) bond motifs is 5. The first-order valence-electron chi connectivity index (χ1n) is 13.1. The van der Waals surface area contributed by atoms with Crippen molar-refractivity contribution in [1.82, 2.24) is 0 Å². The van der Waals surface area contributed by atoms with Crippen molar-refractivity contribution in [2.45, 2.75) is 111 Å². The van der Waals surface area contributed by atoms with Crippen LogP contribution in [0.5, 0.6) is 5.75 Å². The van der Waals surface area contributed by atoms with Crippen molar-refractivity contribution in [2.24, 2.45) is 34.1 Å². The largest absolute Gasteiger partial charge is 0.425 e. The number of rotatable bonds is 5. The van der Waals surface area contributed by atoms with Crippen LogP contribution in [0, 0.1) is 43.4 Å². The zero-order valence-electron chi connectivity index (χ0n) is 22.3. The van der Waals surface area contributed by atoms with Crippen molar-refractivity contribution in [2.75, 3.05) is 0 Å². The molecule has 1 aromatic rings. The predicted molar refractivity (Wildman–Crippen MR) is 136 cm³/mol. The van der Waals surface area contributed by atoms with E-state index in [-0.39, 0.29) is 18.3 Å². The van der Waals surface area contributed by atoms with Crippen molar-refractivity contribution in [3.63, 3.8) is 0 Å². The van der Waals surface area contributed by atoms with Crippen LogP contribution in [0.3, 0.4) is 0 Å². The Hall–Kier alpha value is -1.88. The molecule has 2 saturated carbocycles. The third-order valence-electron chi connectivity index (χ3n) is 10.4. The Labute approximate surface area is 205 Å². The molecule has 3 aliphatic carbocycles. The van der Waals surface area contributed by atoms with E-state index in [4.69, 9.17) is 16.2 Å². The molecule has 5 atom stereocenters. The van der Waals surface area contributed by atoms with Gasteiger partial charge in [0.2, 0.25) is 5.91 Å². The van der Waals surface area contributed by atoms with Gasteiger partial charge >= 0.3 is 5.97 Å². The molecule has 3 unspecified atom stereocenters. The Morgan fingerprint density at radius 1 is 1.00 bits per heavy atom. The van der Waals surface area contributed by atoms with Gasteiger partial charge in [-0.15, -0.1) is 0 Å². The first kappa shape index (κ1) is 25.2. The molecule has 5 heteroatoms. The Kier molecular flexibility index (Phi) is 6.20. The number of hydrogen-bond acceptors (Lipinski definition) is 4. The number of carbonyl (C=O) groups excluding carboxylic acids is 2. The molecule has 4 rings (SSSR count). The minimum Gasteiger partial charge on any atom is -0.425 e. The van der Waals surface area contributed by atoms with Gasteiger partial charge < -0.3 is 16.2 Å². The fraction of sp³-hybridized carbons (Fsp3) is 0.724. The Morgan fingerprint density at radius 3 is 2.32 bits per heavy atom. The Bertz CT molecular complexity index is 1030. The summed E-state index contributed by atoms with van der Waals surface area (Å²) in [6, 6.07) is -0.857. The number of esters is 1. The molecule has 0 radical (unpaired) electrons. The summed E-state index contributed by atoms with van der Waals surface area (Å²) in [6.45, 7) is 16.4. The quantitative estimate of drug-likeness (QED) is 0.460. The van der Waals surface area contributed by atoms with Crippen molar-refractivity contribution in [3.8, 4) is 5.75 Å². The maximum atomic E-state index is 12.8. The Balaban J connectivity index is 1.71. The van der Waals surface area contributed by atoms with Crippen LogP contribution in [0.15, 0.2) is 0 Å². The second kappa shape index (κ2) is 8.36. The fourth-order valence-electron chi connectivity index (χ4n) is 8.57. The summed E-state index contributed by atoms with van der Waals surface area (Å²) in [6.07, 6.45) is 7.80. The van der Waals surface area contributed by atoms with Gasteiger partial charge in [0.05, 0.1) is 0 Å². The average molecular weight is 469 g/mol. The van der Waals surface area contributed by atoms with E-state index in [1.54, 1.807) is 0 Å². The number of hydrogen-bond donors (Lipinski definition) is 2. The topological polar surface area (TPSA) is 95.4 Å². The number of amides is 1. The highest BCUT2D eigenvalue weighted by Gasteiger charge is 2.61. The summed E-state index contributed by atoms with van der Waals surface area (Å²) in [4.78, 5) is 23.9. The van der Waals surface area contributed by atoms with E-state index in [1.165, 1.54) is 48.8 Å².